The van der Waals surface area contributed by atoms with E-state index in [1.165, 1.54) is 0 Å². The minimum atomic E-state index is -0.968. The van der Waals surface area contributed by atoms with Gasteiger partial charge in [0.05, 0.1) is 22.7 Å². The van der Waals surface area contributed by atoms with Gasteiger partial charge in [0.25, 0.3) is 17.7 Å². The molecule has 3 aromatic carbocycles. The van der Waals surface area contributed by atoms with Crippen LogP contribution in [0, 0.1) is 17.4 Å². The fraction of sp³-hybridized carbons (Fsp3) is 0.455. The number of carbonyl (C=O) groups is 5. The van der Waals surface area contributed by atoms with Crippen LogP contribution in [0.2, 0.25) is 5.02 Å². The van der Waals surface area contributed by atoms with Crippen molar-refractivity contribution in [1.82, 2.24) is 20.4 Å². The molecule has 3 heterocycles. The number of nitrogens with one attached hydrogen (secondary N) is 2. The molecule has 1 atom stereocenters. The van der Waals surface area contributed by atoms with E-state index in [1.54, 1.807) is 18.2 Å². The summed E-state index contributed by atoms with van der Waals surface area (Å²) in [7, 11) is 2.11. The molecule has 2 aliphatic carbocycles. The molecular weight excluding hydrogens is 744 g/mol. The van der Waals surface area contributed by atoms with Gasteiger partial charge in [-0.3, -0.25) is 39.1 Å². The van der Waals surface area contributed by atoms with Crippen LogP contribution in [0.15, 0.2) is 54.6 Å². The van der Waals surface area contributed by atoms with Crippen molar-refractivity contribution < 1.29 is 28.7 Å². The number of halogens is 1. The summed E-state index contributed by atoms with van der Waals surface area (Å²) < 4.78 is 6.39. The Kier molecular flexibility index (Phi) is 9.68. The third-order valence-electron chi connectivity index (χ3n) is 13.2. The van der Waals surface area contributed by atoms with Gasteiger partial charge in [-0.05, 0) is 91.8 Å². The van der Waals surface area contributed by atoms with E-state index >= 15 is 0 Å². The van der Waals surface area contributed by atoms with Gasteiger partial charge in [-0.2, -0.15) is 0 Å². The molecule has 1 unspecified atom stereocenters. The molecule has 2 N–H and O–H groups in total. The molecular formula is C44H47ClN6O6. The number of anilines is 1. The first kappa shape index (κ1) is 38.6. The zero-order valence-electron chi connectivity index (χ0n) is 32.9. The topological polar surface area (TPSA) is 133 Å². The number of imide groups is 2. The van der Waals surface area contributed by atoms with Crippen molar-refractivity contribution in [1.29, 1.82) is 0 Å². The highest BCUT2D eigenvalue weighted by Gasteiger charge is 2.64. The van der Waals surface area contributed by atoms with Crippen LogP contribution in [0.25, 0.3) is 4.85 Å². The van der Waals surface area contributed by atoms with Gasteiger partial charge in [-0.25, -0.2) is 4.85 Å². The molecule has 12 nitrogen and oxygen atoms in total. The standard InChI is InChI=1S/C44H47ClN6O6/c1-43(2)41(44(3,4)42(43)57-30-15-16-34(46-5)33(45)21-30)48-37(53)24-7-9-27(10-8-24)49(6)28-11-13-29(14-12-28)50-22-25-19-31-32(20-26(25)23-50)40(56)51(39(31)55)35-17-18-36(52)47-38(35)54/h7-10,15-16,19-21,28-29,35,41-42H,11-14,17-18,22-23H2,1-4,6H3,(H,48,53)(H,47,52,54). The maximum absolute atomic E-state index is 13.5. The van der Waals surface area contributed by atoms with Crippen LogP contribution < -0.4 is 20.3 Å². The van der Waals surface area contributed by atoms with Gasteiger partial charge >= 0.3 is 0 Å². The average molecular weight is 791 g/mol. The fourth-order valence-electron chi connectivity index (χ4n) is 10.3. The normalized spacial score (nSPS) is 26.2. The molecule has 3 aliphatic heterocycles. The molecule has 13 heteroatoms. The van der Waals surface area contributed by atoms with Crippen molar-refractivity contribution in [3.63, 3.8) is 0 Å². The Morgan fingerprint density at radius 1 is 0.895 bits per heavy atom. The molecule has 0 radical (unpaired) electrons. The Labute approximate surface area is 337 Å². The maximum Gasteiger partial charge on any atom is 0.262 e. The van der Waals surface area contributed by atoms with Gasteiger partial charge in [0.15, 0.2) is 0 Å². The van der Waals surface area contributed by atoms with E-state index in [4.69, 9.17) is 22.9 Å². The molecule has 0 aromatic heterocycles. The number of rotatable bonds is 8. The van der Waals surface area contributed by atoms with E-state index in [0.717, 1.165) is 47.4 Å². The van der Waals surface area contributed by atoms with E-state index in [2.05, 4.69) is 60.0 Å². The Bertz CT molecular complexity index is 2180. The van der Waals surface area contributed by atoms with Crippen LogP contribution in [-0.2, 0) is 22.7 Å². The van der Waals surface area contributed by atoms with Crippen LogP contribution in [0.3, 0.4) is 0 Å². The summed E-state index contributed by atoms with van der Waals surface area (Å²) in [6.07, 6.45) is 4.10. The second-order valence-electron chi connectivity index (χ2n) is 17.4. The van der Waals surface area contributed by atoms with Crippen LogP contribution in [-0.4, -0.2) is 76.7 Å². The van der Waals surface area contributed by atoms with Crippen molar-refractivity contribution in [3.05, 3.63) is 98.9 Å². The summed E-state index contributed by atoms with van der Waals surface area (Å²) in [4.78, 5) is 73.6. The first-order valence-corrected chi connectivity index (χ1v) is 20.0. The van der Waals surface area contributed by atoms with Gasteiger partial charge in [-0.15, -0.1) is 0 Å². The van der Waals surface area contributed by atoms with Crippen molar-refractivity contribution in [2.75, 3.05) is 11.9 Å². The highest BCUT2D eigenvalue weighted by Crippen LogP contribution is 2.56. The number of fused-ring (bicyclic) bond motifs is 2. The number of benzene rings is 3. The Hall–Kier alpha value is -5.25. The molecule has 0 bridgehead atoms. The Morgan fingerprint density at radius 3 is 2.07 bits per heavy atom. The molecule has 57 heavy (non-hydrogen) atoms. The summed E-state index contributed by atoms with van der Waals surface area (Å²) in [5.41, 5.74) is 4.05. The summed E-state index contributed by atoms with van der Waals surface area (Å²) in [5, 5.41) is 5.88. The predicted molar refractivity (Wildman–Crippen MR) is 214 cm³/mol. The van der Waals surface area contributed by atoms with E-state index in [9.17, 15) is 24.0 Å². The Morgan fingerprint density at radius 2 is 1.51 bits per heavy atom. The largest absolute Gasteiger partial charge is 0.489 e. The van der Waals surface area contributed by atoms with E-state index in [0.29, 0.717) is 58.3 Å². The van der Waals surface area contributed by atoms with Gasteiger partial charge in [0.2, 0.25) is 17.5 Å². The van der Waals surface area contributed by atoms with E-state index in [1.807, 2.05) is 36.4 Å². The smallest absolute Gasteiger partial charge is 0.262 e. The molecule has 8 rings (SSSR count). The zero-order chi connectivity index (χ0) is 40.6. The highest BCUT2D eigenvalue weighted by atomic mass is 35.5. The number of hydrogen-bond acceptors (Lipinski definition) is 8. The number of nitrogens with zero attached hydrogens (tertiary/aromatic N) is 4. The van der Waals surface area contributed by atoms with E-state index < -0.39 is 29.7 Å². The molecule has 5 aliphatic rings. The van der Waals surface area contributed by atoms with Gasteiger partial charge < -0.3 is 15.0 Å². The fourth-order valence-corrected chi connectivity index (χ4v) is 10.5. The lowest BCUT2D eigenvalue weighted by Crippen LogP contribution is -2.74. The lowest BCUT2D eigenvalue weighted by molar-refractivity contribution is -0.164. The first-order chi connectivity index (χ1) is 27.1. The zero-order valence-corrected chi connectivity index (χ0v) is 33.6. The van der Waals surface area contributed by atoms with Gasteiger partial charge in [0, 0.05) is 66.8 Å². The molecule has 3 fully saturated rings. The Balaban J connectivity index is 0.838. The molecule has 2 saturated carbocycles. The minimum Gasteiger partial charge on any atom is -0.489 e. The number of amides is 5. The highest BCUT2D eigenvalue weighted by molar-refractivity contribution is 6.33. The van der Waals surface area contributed by atoms with Crippen molar-refractivity contribution in [3.8, 4) is 5.75 Å². The minimum absolute atomic E-state index is 0.0933. The second kappa shape index (κ2) is 14.3. The molecule has 0 spiro atoms. The first-order valence-electron chi connectivity index (χ1n) is 19.7. The summed E-state index contributed by atoms with van der Waals surface area (Å²) >= 11 is 6.26. The number of hydrogen-bond donors (Lipinski definition) is 2. The van der Waals surface area contributed by atoms with E-state index in [-0.39, 0.29) is 41.7 Å². The lowest BCUT2D eigenvalue weighted by atomic mass is 9.49. The SMILES string of the molecule is [C-]#[N+]c1ccc(OC2C(C)(C)C(NC(=O)c3ccc(N(C)C4CCC(N5Cc6cc7c(cc6C5)C(=O)N(C5CCC(=O)NC5=O)C7=O)CC4)cc3)C2(C)C)cc1Cl. The predicted octanol–water partition coefficient (Wildman–Crippen LogP) is 6.67. The number of carbonyl (C=O) groups excluding carboxylic acids is 5. The van der Waals surface area contributed by atoms with Gasteiger partial charge in [0.1, 0.15) is 17.9 Å². The molecule has 3 aromatic rings. The summed E-state index contributed by atoms with van der Waals surface area (Å²) in [5.74, 6) is -1.46. The van der Waals surface area contributed by atoms with Crippen molar-refractivity contribution in [2.45, 2.75) is 110 Å². The number of piperidine rings is 1. The quantitative estimate of drug-likeness (QED) is 0.191. The van der Waals surface area contributed by atoms with Gasteiger partial charge in [-0.1, -0.05) is 45.4 Å². The average Bonchev–Trinajstić information content (AvgIpc) is 3.71. The van der Waals surface area contributed by atoms with Crippen LogP contribution in [0.1, 0.15) is 108 Å². The lowest BCUT2D eigenvalue weighted by Gasteiger charge is -2.63. The van der Waals surface area contributed by atoms with Crippen molar-refractivity contribution in [2.24, 2.45) is 10.8 Å². The molecule has 296 valence electrons. The maximum atomic E-state index is 13.5. The molecule has 5 amide bonds. The van der Waals surface area contributed by atoms with Crippen molar-refractivity contribution >= 4 is 52.5 Å². The van der Waals surface area contributed by atoms with Crippen LogP contribution in [0.5, 0.6) is 5.75 Å². The second-order valence-corrected chi connectivity index (χ2v) is 17.8. The monoisotopic (exact) mass is 790 g/mol. The number of ether oxygens (including phenoxy) is 1. The third kappa shape index (κ3) is 6.64. The summed E-state index contributed by atoms with van der Waals surface area (Å²) in [6, 6.07) is 16.2. The van der Waals surface area contributed by atoms with Crippen LogP contribution in [0.4, 0.5) is 11.4 Å². The van der Waals surface area contributed by atoms with Crippen LogP contribution >= 0.6 is 11.6 Å². The molecule has 1 saturated heterocycles. The third-order valence-corrected chi connectivity index (χ3v) is 13.5. The summed E-state index contributed by atoms with van der Waals surface area (Å²) in [6.45, 7) is 17.0.